The zero-order valence-electron chi connectivity index (χ0n) is 29.4. The Balaban J connectivity index is 1.41. The second-order valence-electron chi connectivity index (χ2n) is 15.2. The van der Waals surface area contributed by atoms with Crippen molar-refractivity contribution >= 4 is 5.78 Å². The van der Waals surface area contributed by atoms with Gasteiger partial charge in [0.25, 0.3) is 0 Å². The molecule has 9 atom stereocenters. The largest absolute Gasteiger partial charge is 0.504 e. The lowest BCUT2D eigenvalue weighted by Crippen LogP contribution is -2.69. The number of phenolic OH excluding ortho intramolecular Hbond substituents is 3. The second kappa shape index (κ2) is 14.5. The van der Waals surface area contributed by atoms with E-state index in [0.29, 0.717) is 24.1 Å². The van der Waals surface area contributed by atoms with Gasteiger partial charge in [-0.2, -0.15) is 0 Å². The van der Waals surface area contributed by atoms with Gasteiger partial charge in [0, 0.05) is 61.1 Å². The van der Waals surface area contributed by atoms with Crippen LogP contribution in [0.25, 0.3) is 0 Å². The van der Waals surface area contributed by atoms with Gasteiger partial charge in [-0.1, -0.05) is 48.6 Å². The molecule has 7 rings (SSSR count). The van der Waals surface area contributed by atoms with Gasteiger partial charge >= 0.3 is 0 Å². The van der Waals surface area contributed by atoms with Crippen molar-refractivity contribution < 1.29 is 35.1 Å². The van der Waals surface area contributed by atoms with Crippen LogP contribution in [0.2, 0.25) is 0 Å². The molecule has 9 nitrogen and oxygen atoms in total. The van der Waals surface area contributed by atoms with Crippen LogP contribution in [-0.4, -0.2) is 70.7 Å². The standard InChI is InChI=1S/C42H50N2O7/c1-43-21-27-14-29-9-6-10-40-42(29,34-20-36(48)35(47)18-33(27)34)41-26(22-44-40)12-11-25(13-24-7-4-3-5-8-24)31(16-30(46)17-38(41)50)32-19-39(51-2)37(49)15-28(32)23-45/h3-5,7-8,15,18-20,25-27,29,31,38,40-41,43-45,47-50H,6,9-10,13-14,16-17,21-23H2,1-2H3/t25-,26+,27+,29-,31+,38-,40+,41-,42+/m0/s1. The molecule has 1 spiro atoms. The number of carbonyl (C=O) groups excluding carboxylic acids is 1. The number of aliphatic hydroxyl groups excluding tert-OH is 2. The average Bonchev–Trinajstić information content (AvgIpc) is 3.12. The molecular formula is C42H50N2O7. The second-order valence-corrected chi connectivity index (χ2v) is 15.2. The van der Waals surface area contributed by atoms with Crippen molar-refractivity contribution in [2.45, 2.75) is 80.9 Å². The van der Waals surface area contributed by atoms with Crippen molar-refractivity contribution in [1.82, 2.24) is 10.6 Å². The molecule has 51 heavy (non-hydrogen) atoms. The number of nitrogens with one attached hydrogen (secondary N) is 2. The number of ketones is 1. The molecule has 0 unspecified atom stereocenters. The van der Waals surface area contributed by atoms with E-state index in [1.54, 1.807) is 18.2 Å². The van der Waals surface area contributed by atoms with Gasteiger partial charge in [0.15, 0.2) is 23.0 Å². The number of hydrogen-bond acceptors (Lipinski definition) is 9. The number of fused-ring (bicyclic) bond motifs is 2. The summed E-state index contributed by atoms with van der Waals surface area (Å²) in [7, 11) is 3.40. The van der Waals surface area contributed by atoms with Crippen LogP contribution in [0.4, 0.5) is 0 Å². The first-order valence-electron chi connectivity index (χ1n) is 18.4. The van der Waals surface area contributed by atoms with Crippen LogP contribution < -0.4 is 15.4 Å². The molecule has 0 bridgehead atoms. The van der Waals surface area contributed by atoms with E-state index >= 15 is 0 Å². The van der Waals surface area contributed by atoms with Crippen molar-refractivity contribution in [3.8, 4) is 34.8 Å². The molecule has 1 aliphatic heterocycles. The van der Waals surface area contributed by atoms with Crippen molar-refractivity contribution in [2.24, 2.45) is 23.7 Å². The highest BCUT2D eigenvalue weighted by Gasteiger charge is 2.62. The number of aromatic hydroxyl groups is 3. The molecule has 270 valence electrons. The number of aliphatic hydroxyl groups is 2. The minimum atomic E-state index is -0.996. The molecule has 1 saturated heterocycles. The van der Waals surface area contributed by atoms with Crippen molar-refractivity contribution in [3.05, 3.63) is 82.4 Å². The highest BCUT2D eigenvalue weighted by molar-refractivity contribution is 5.80. The SMILES string of the molecule is CNC[C@H]1C[C@@H]2CCC[C@H]3NC[C@H]4C#C[C@@H](Cc5ccccc5)[C@H](c5cc(OC)c(O)cc5CO)CC(=O)C[C@H](O)[C@H]4[C@@]23c2cc(O)c(O)cc21. The van der Waals surface area contributed by atoms with E-state index in [0.717, 1.165) is 48.9 Å². The molecule has 1 saturated carbocycles. The number of phenols is 3. The van der Waals surface area contributed by atoms with Gasteiger partial charge in [0.2, 0.25) is 0 Å². The van der Waals surface area contributed by atoms with Crippen LogP contribution in [0.3, 0.4) is 0 Å². The van der Waals surface area contributed by atoms with Crippen LogP contribution in [0.5, 0.6) is 23.0 Å². The molecule has 9 heteroatoms. The maximum Gasteiger partial charge on any atom is 0.160 e. The van der Waals surface area contributed by atoms with E-state index in [-0.39, 0.29) is 83.9 Å². The van der Waals surface area contributed by atoms with E-state index in [4.69, 9.17) is 4.74 Å². The lowest BCUT2D eigenvalue weighted by atomic mass is 9.44. The zero-order valence-corrected chi connectivity index (χ0v) is 29.4. The van der Waals surface area contributed by atoms with Crippen LogP contribution in [0.1, 0.15) is 78.2 Å². The maximum absolute atomic E-state index is 14.3. The van der Waals surface area contributed by atoms with E-state index in [1.807, 2.05) is 25.2 Å². The van der Waals surface area contributed by atoms with Crippen LogP contribution >= 0.6 is 0 Å². The molecule has 3 aromatic carbocycles. The van der Waals surface area contributed by atoms with Gasteiger partial charge in [-0.15, -0.1) is 0 Å². The smallest absolute Gasteiger partial charge is 0.160 e. The fraction of sp³-hybridized carbons (Fsp3) is 0.500. The van der Waals surface area contributed by atoms with Gasteiger partial charge in [-0.3, -0.25) is 4.79 Å². The average molecular weight is 695 g/mol. The molecule has 4 aliphatic rings. The van der Waals surface area contributed by atoms with Gasteiger partial charge in [-0.05, 0) is 96.6 Å². The Hall–Kier alpha value is -4.07. The number of Topliss-reactive ketones (excluding diaryl/α,β-unsaturated/α-hetero) is 1. The molecule has 0 amide bonds. The fourth-order valence-corrected chi connectivity index (χ4v) is 10.5. The van der Waals surface area contributed by atoms with E-state index in [2.05, 4.69) is 34.6 Å². The van der Waals surface area contributed by atoms with Gasteiger partial charge in [0.1, 0.15) is 5.78 Å². The Morgan fingerprint density at radius 1 is 0.980 bits per heavy atom. The Bertz CT molecular complexity index is 1820. The number of likely N-dealkylation sites (N-methyl/N-ethyl adjacent to an activating group) is 1. The predicted octanol–water partition coefficient (Wildman–Crippen LogP) is 4.62. The summed E-state index contributed by atoms with van der Waals surface area (Å²) in [4.78, 5) is 14.3. The summed E-state index contributed by atoms with van der Waals surface area (Å²) in [6.07, 6.45) is 3.36. The third kappa shape index (κ3) is 6.27. The summed E-state index contributed by atoms with van der Waals surface area (Å²) in [6.45, 7) is 0.943. The Morgan fingerprint density at radius 2 is 1.76 bits per heavy atom. The molecular weight excluding hydrogens is 644 g/mol. The fourth-order valence-electron chi connectivity index (χ4n) is 10.5. The molecule has 3 aliphatic carbocycles. The van der Waals surface area contributed by atoms with Crippen molar-refractivity contribution in [2.75, 3.05) is 27.2 Å². The molecule has 2 fully saturated rings. The number of benzene rings is 3. The first-order valence-corrected chi connectivity index (χ1v) is 18.4. The first-order chi connectivity index (χ1) is 24.7. The lowest BCUT2D eigenvalue weighted by Gasteiger charge is -2.63. The molecule has 1 heterocycles. The number of hydrogen-bond donors (Lipinski definition) is 7. The summed E-state index contributed by atoms with van der Waals surface area (Å²) < 4.78 is 5.47. The predicted molar refractivity (Wildman–Crippen MR) is 194 cm³/mol. The van der Waals surface area contributed by atoms with Crippen LogP contribution in [0.15, 0.2) is 54.6 Å². The van der Waals surface area contributed by atoms with Crippen LogP contribution in [0, 0.1) is 35.5 Å². The third-order valence-electron chi connectivity index (χ3n) is 12.5. The first kappa shape index (κ1) is 35.3. The summed E-state index contributed by atoms with van der Waals surface area (Å²) in [5.41, 5.74) is 3.59. The minimum Gasteiger partial charge on any atom is -0.504 e. The highest BCUT2D eigenvalue weighted by atomic mass is 16.5. The monoisotopic (exact) mass is 694 g/mol. The van der Waals surface area contributed by atoms with Gasteiger partial charge in [-0.25, -0.2) is 0 Å². The Morgan fingerprint density at radius 3 is 2.51 bits per heavy atom. The minimum absolute atomic E-state index is 0.00894. The maximum atomic E-state index is 14.3. The van der Waals surface area contributed by atoms with Crippen molar-refractivity contribution in [1.29, 1.82) is 0 Å². The highest BCUT2D eigenvalue weighted by Crippen LogP contribution is 2.62. The van der Waals surface area contributed by atoms with Crippen LogP contribution in [-0.2, 0) is 23.2 Å². The molecule has 0 aromatic heterocycles. The van der Waals surface area contributed by atoms with Gasteiger partial charge in [0.05, 0.1) is 19.8 Å². The number of rotatable bonds is 7. The summed E-state index contributed by atoms with van der Waals surface area (Å²) in [5, 5.41) is 62.4. The van der Waals surface area contributed by atoms with E-state index in [9.17, 15) is 30.3 Å². The Labute approximate surface area is 300 Å². The third-order valence-corrected chi connectivity index (χ3v) is 12.5. The number of methoxy groups -OCH3 is 1. The normalized spacial score (nSPS) is 31.6. The summed E-state index contributed by atoms with van der Waals surface area (Å²) >= 11 is 0. The quantitative estimate of drug-likeness (QED) is 0.139. The summed E-state index contributed by atoms with van der Waals surface area (Å²) in [6, 6.07) is 16.7. The molecule has 7 N–H and O–H groups in total. The molecule has 3 aromatic rings. The lowest BCUT2D eigenvalue weighted by molar-refractivity contribution is -0.125. The zero-order chi connectivity index (χ0) is 35.9. The number of piperidine rings is 1. The topological polar surface area (TPSA) is 152 Å². The number of ether oxygens (including phenoxy) is 1. The summed E-state index contributed by atoms with van der Waals surface area (Å²) in [5.74, 6) is 5.91. The number of carbonyl (C=O) groups is 1. The van der Waals surface area contributed by atoms with Crippen molar-refractivity contribution in [3.63, 3.8) is 0 Å². The molecule has 0 radical (unpaired) electrons. The van der Waals surface area contributed by atoms with E-state index in [1.165, 1.54) is 13.2 Å². The van der Waals surface area contributed by atoms with E-state index < -0.39 is 17.4 Å². The van der Waals surface area contributed by atoms with Gasteiger partial charge < -0.3 is 40.9 Å². The Kier molecular flexibility index (Phi) is 10.1.